The lowest BCUT2D eigenvalue weighted by Crippen LogP contribution is -2.39. The summed E-state index contributed by atoms with van der Waals surface area (Å²) in [5, 5.41) is 3.65. The standard InChI is InChI=1S/C16H23ClN2O2.ClH/c1-21-15(11-4-2-6-13(17)8-11)10-19-16(20)12-5-3-7-14(18)9-12;/h2,4,6,8,12,14-15H,3,5,7,9-10,18H2,1H3,(H,19,20);1H. The van der Waals surface area contributed by atoms with E-state index in [2.05, 4.69) is 5.32 Å². The zero-order valence-corrected chi connectivity index (χ0v) is 14.3. The van der Waals surface area contributed by atoms with Gasteiger partial charge < -0.3 is 15.8 Å². The molecule has 1 aliphatic carbocycles. The number of carbonyl (C=O) groups excluding carboxylic acids is 1. The Labute approximate surface area is 143 Å². The fourth-order valence-electron chi connectivity index (χ4n) is 2.85. The summed E-state index contributed by atoms with van der Waals surface area (Å²) in [5.74, 6) is 0.111. The molecule has 0 aliphatic heterocycles. The number of hydrogen-bond donors (Lipinski definition) is 2. The summed E-state index contributed by atoms with van der Waals surface area (Å²) < 4.78 is 5.45. The van der Waals surface area contributed by atoms with Crippen molar-refractivity contribution in [1.82, 2.24) is 5.32 Å². The average molecular weight is 347 g/mol. The van der Waals surface area contributed by atoms with Gasteiger partial charge in [-0.1, -0.05) is 30.2 Å². The first-order chi connectivity index (χ1) is 10.1. The molecule has 1 amide bonds. The number of methoxy groups -OCH3 is 1. The average Bonchev–Trinajstić information content (AvgIpc) is 2.48. The third kappa shape index (κ3) is 5.43. The fourth-order valence-corrected chi connectivity index (χ4v) is 3.05. The molecule has 1 aromatic carbocycles. The number of hydrogen-bond acceptors (Lipinski definition) is 3. The van der Waals surface area contributed by atoms with Gasteiger partial charge in [0.2, 0.25) is 5.91 Å². The predicted molar refractivity (Wildman–Crippen MR) is 91.4 cm³/mol. The molecule has 4 nitrogen and oxygen atoms in total. The van der Waals surface area contributed by atoms with Crippen LogP contribution in [-0.4, -0.2) is 25.6 Å². The van der Waals surface area contributed by atoms with Gasteiger partial charge in [-0.25, -0.2) is 0 Å². The topological polar surface area (TPSA) is 64.3 Å². The van der Waals surface area contributed by atoms with Gasteiger partial charge in [0.05, 0.1) is 6.10 Å². The molecule has 3 atom stereocenters. The number of carbonyl (C=O) groups is 1. The molecule has 2 rings (SSSR count). The molecular weight excluding hydrogens is 323 g/mol. The maximum absolute atomic E-state index is 12.2. The summed E-state index contributed by atoms with van der Waals surface area (Å²) in [5.41, 5.74) is 6.90. The van der Waals surface area contributed by atoms with Crippen molar-refractivity contribution >= 4 is 29.9 Å². The van der Waals surface area contributed by atoms with E-state index in [0.717, 1.165) is 31.2 Å². The zero-order chi connectivity index (χ0) is 15.2. The number of nitrogens with one attached hydrogen (secondary N) is 1. The minimum atomic E-state index is -0.190. The fraction of sp³-hybridized carbons (Fsp3) is 0.562. The maximum Gasteiger partial charge on any atom is 0.223 e. The van der Waals surface area contributed by atoms with Crippen LogP contribution in [0.5, 0.6) is 0 Å². The van der Waals surface area contributed by atoms with E-state index in [4.69, 9.17) is 22.1 Å². The van der Waals surface area contributed by atoms with Crippen LogP contribution < -0.4 is 11.1 Å². The van der Waals surface area contributed by atoms with Gasteiger partial charge in [0.15, 0.2) is 0 Å². The Morgan fingerprint density at radius 1 is 1.50 bits per heavy atom. The van der Waals surface area contributed by atoms with Crippen molar-refractivity contribution in [1.29, 1.82) is 0 Å². The van der Waals surface area contributed by atoms with Crippen LogP contribution in [0.3, 0.4) is 0 Å². The lowest BCUT2D eigenvalue weighted by Gasteiger charge is -2.26. The van der Waals surface area contributed by atoms with E-state index in [1.54, 1.807) is 7.11 Å². The van der Waals surface area contributed by atoms with E-state index >= 15 is 0 Å². The molecule has 1 aromatic rings. The van der Waals surface area contributed by atoms with Gasteiger partial charge >= 0.3 is 0 Å². The molecule has 0 bridgehead atoms. The van der Waals surface area contributed by atoms with Crippen molar-refractivity contribution in [2.75, 3.05) is 13.7 Å². The number of ether oxygens (including phenoxy) is 1. The molecule has 3 N–H and O–H groups in total. The summed E-state index contributed by atoms with van der Waals surface area (Å²) in [7, 11) is 1.63. The molecule has 0 radical (unpaired) electrons. The molecule has 6 heteroatoms. The largest absolute Gasteiger partial charge is 0.375 e. The smallest absolute Gasteiger partial charge is 0.223 e. The SMILES string of the molecule is COC(CNC(=O)C1CCCC(N)C1)c1cccc(Cl)c1.Cl. The van der Waals surface area contributed by atoms with Crippen molar-refractivity contribution in [3.63, 3.8) is 0 Å². The monoisotopic (exact) mass is 346 g/mol. The Bertz CT molecular complexity index is 485. The van der Waals surface area contributed by atoms with Gasteiger partial charge in [0.1, 0.15) is 0 Å². The van der Waals surface area contributed by atoms with Crippen LogP contribution in [0.2, 0.25) is 5.02 Å². The highest BCUT2D eigenvalue weighted by atomic mass is 35.5. The first-order valence-electron chi connectivity index (χ1n) is 7.41. The lowest BCUT2D eigenvalue weighted by molar-refractivity contribution is -0.126. The Morgan fingerprint density at radius 2 is 2.27 bits per heavy atom. The van der Waals surface area contributed by atoms with E-state index in [0.29, 0.717) is 11.6 Å². The quantitative estimate of drug-likeness (QED) is 0.860. The zero-order valence-electron chi connectivity index (χ0n) is 12.8. The molecule has 0 aromatic heterocycles. The van der Waals surface area contributed by atoms with Crippen LogP contribution in [0, 0.1) is 5.92 Å². The molecule has 1 aliphatic rings. The van der Waals surface area contributed by atoms with Crippen molar-refractivity contribution in [2.45, 2.75) is 37.8 Å². The molecule has 0 spiro atoms. The van der Waals surface area contributed by atoms with E-state index in [1.165, 1.54) is 0 Å². The van der Waals surface area contributed by atoms with Gasteiger partial charge in [-0.2, -0.15) is 0 Å². The second-order valence-electron chi connectivity index (χ2n) is 5.65. The molecule has 3 unspecified atom stereocenters. The summed E-state index contributed by atoms with van der Waals surface area (Å²) in [6, 6.07) is 7.66. The van der Waals surface area contributed by atoms with Crippen LogP contribution >= 0.6 is 24.0 Å². The first-order valence-corrected chi connectivity index (χ1v) is 7.79. The highest BCUT2D eigenvalue weighted by molar-refractivity contribution is 6.30. The van der Waals surface area contributed by atoms with E-state index in [1.807, 2.05) is 24.3 Å². The molecule has 22 heavy (non-hydrogen) atoms. The van der Waals surface area contributed by atoms with Gasteiger partial charge in [0, 0.05) is 30.6 Å². The van der Waals surface area contributed by atoms with Crippen LogP contribution in [0.1, 0.15) is 37.4 Å². The van der Waals surface area contributed by atoms with Crippen LogP contribution in [0.15, 0.2) is 24.3 Å². The van der Waals surface area contributed by atoms with Gasteiger partial charge in [-0.05, 0) is 37.0 Å². The van der Waals surface area contributed by atoms with E-state index in [9.17, 15) is 4.79 Å². The van der Waals surface area contributed by atoms with Crippen LogP contribution in [0.4, 0.5) is 0 Å². The number of nitrogens with two attached hydrogens (primary N) is 1. The molecule has 1 saturated carbocycles. The van der Waals surface area contributed by atoms with E-state index < -0.39 is 0 Å². The van der Waals surface area contributed by atoms with Crippen molar-refractivity contribution < 1.29 is 9.53 Å². The Balaban J connectivity index is 0.00000242. The normalized spacial score (nSPS) is 22.5. The summed E-state index contributed by atoms with van der Waals surface area (Å²) in [6.07, 6.45) is 3.56. The minimum Gasteiger partial charge on any atom is -0.375 e. The Hall–Kier alpha value is -0.810. The third-order valence-corrected chi connectivity index (χ3v) is 4.29. The number of rotatable bonds is 5. The molecule has 0 saturated heterocycles. The lowest BCUT2D eigenvalue weighted by atomic mass is 9.85. The number of benzene rings is 1. The van der Waals surface area contributed by atoms with Gasteiger partial charge in [0.25, 0.3) is 0 Å². The van der Waals surface area contributed by atoms with Gasteiger partial charge in [-0.15, -0.1) is 12.4 Å². The van der Waals surface area contributed by atoms with Crippen LogP contribution in [0.25, 0.3) is 0 Å². The molecular formula is C16H24Cl2N2O2. The molecule has 124 valence electrons. The molecule has 1 fully saturated rings. The number of halogens is 2. The summed E-state index contributed by atoms with van der Waals surface area (Å²) in [6.45, 7) is 0.446. The second kappa shape index (κ2) is 9.36. The molecule has 0 heterocycles. The Kier molecular flexibility index (Phi) is 8.18. The van der Waals surface area contributed by atoms with Crippen molar-refractivity contribution in [2.24, 2.45) is 11.7 Å². The van der Waals surface area contributed by atoms with E-state index in [-0.39, 0.29) is 36.4 Å². The predicted octanol–water partition coefficient (Wildman–Crippen LogP) is 3.08. The first kappa shape index (κ1) is 19.2. The minimum absolute atomic E-state index is 0. The van der Waals surface area contributed by atoms with Crippen LogP contribution in [-0.2, 0) is 9.53 Å². The van der Waals surface area contributed by atoms with Crippen molar-refractivity contribution in [3.05, 3.63) is 34.9 Å². The maximum atomic E-state index is 12.2. The summed E-state index contributed by atoms with van der Waals surface area (Å²) >= 11 is 5.99. The van der Waals surface area contributed by atoms with Gasteiger partial charge in [-0.3, -0.25) is 4.79 Å². The number of amides is 1. The van der Waals surface area contributed by atoms with Crippen molar-refractivity contribution in [3.8, 4) is 0 Å². The Morgan fingerprint density at radius 3 is 2.91 bits per heavy atom. The third-order valence-electron chi connectivity index (χ3n) is 4.05. The highest BCUT2D eigenvalue weighted by Crippen LogP contribution is 2.24. The highest BCUT2D eigenvalue weighted by Gasteiger charge is 2.25. The summed E-state index contributed by atoms with van der Waals surface area (Å²) in [4.78, 5) is 12.2. The second-order valence-corrected chi connectivity index (χ2v) is 6.08.